The number of cyclic esters (lactones) is 1. The van der Waals surface area contributed by atoms with E-state index >= 15 is 0 Å². The summed E-state index contributed by atoms with van der Waals surface area (Å²) in [6, 6.07) is -2.76. The number of aliphatic hydroxyl groups excluding tert-OH is 1. The molecule has 3 aliphatic heterocycles. The second-order valence-corrected chi connectivity index (χ2v) is 15.1. The first-order valence-electron chi connectivity index (χ1n) is 18.0. The van der Waals surface area contributed by atoms with Crippen molar-refractivity contribution in [2.75, 3.05) is 27.2 Å². The van der Waals surface area contributed by atoms with Crippen molar-refractivity contribution < 1.29 is 61.1 Å². The number of halogens is 3. The minimum atomic E-state index is -5.26. The molecule has 294 valence electrons. The number of hydrogen-bond acceptors (Lipinski definition) is 11. The molecule has 3 heterocycles. The third-order valence-electron chi connectivity index (χ3n) is 10.6. The number of carbonyl (C=O) groups excluding carboxylic acids is 4. The van der Waals surface area contributed by atoms with Crippen LogP contribution in [0.5, 0.6) is 0 Å². The third kappa shape index (κ3) is 9.92. The summed E-state index contributed by atoms with van der Waals surface area (Å²) in [6.07, 6.45) is -9.11. The number of rotatable bonds is 13. The summed E-state index contributed by atoms with van der Waals surface area (Å²) in [6.45, 7) is 12.8. The maximum absolute atomic E-state index is 14.2. The van der Waals surface area contributed by atoms with Gasteiger partial charge in [0.2, 0.25) is 0 Å². The Balaban J connectivity index is 1.96. The third-order valence-corrected chi connectivity index (χ3v) is 10.6. The second-order valence-electron chi connectivity index (χ2n) is 15.1. The predicted octanol–water partition coefficient (Wildman–Crippen LogP) is 3.98. The number of ketones is 1. The molecule has 0 aliphatic carbocycles. The highest BCUT2D eigenvalue weighted by molar-refractivity contribution is 5.83. The minimum absolute atomic E-state index is 0.0290. The first kappa shape index (κ1) is 42.9. The molecule has 0 aromatic rings. The van der Waals surface area contributed by atoms with Gasteiger partial charge in [-0.05, 0) is 73.4 Å². The van der Waals surface area contributed by atoms with E-state index in [1.807, 2.05) is 25.9 Å². The Labute approximate surface area is 299 Å². The number of esters is 1. The molecule has 3 saturated heterocycles. The molecule has 2 amide bonds. The van der Waals surface area contributed by atoms with Crippen molar-refractivity contribution >= 4 is 23.8 Å². The van der Waals surface area contributed by atoms with Gasteiger partial charge in [0.25, 0.3) is 0 Å². The van der Waals surface area contributed by atoms with Crippen molar-refractivity contribution in [3.63, 3.8) is 0 Å². The van der Waals surface area contributed by atoms with E-state index in [0.29, 0.717) is 17.7 Å². The zero-order chi connectivity index (χ0) is 38.6. The van der Waals surface area contributed by atoms with Gasteiger partial charge < -0.3 is 43.9 Å². The van der Waals surface area contributed by atoms with E-state index in [0.717, 1.165) is 0 Å². The van der Waals surface area contributed by atoms with Crippen molar-refractivity contribution in [1.29, 1.82) is 0 Å². The van der Waals surface area contributed by atoms with Crippen molar-refractivity contribution in [2.45, 2.75) is 160 Å². The van der Waals surface area contributed by atoms with Gasteiger partial charge in [-0.2, -0.15) is 13.2 Å². The van der Waals surface area contributed by atoms with Crippen LogP contribution in [-0.4, -0.2) is 132 Å². The zero-order valence-electron chi connectivity index (χ0n) is 31.6. The number of likely N-dealkylation sites (N-methyl/N-ethyl adjacent to an activating group) is 1. The molecule has 3 rings (SSSR count). The van der Waals surface area contributed by atoms with Crippen LogP contribution in [0.15, 0.2) is 0 Å². The Morgan fingerprint density at radius 2 is 1.78 bits per heavy atom. The van der Waals surface area contributed by atoms with Crippen molar-refractivity contribution in [1.82, 2.24) is 15.1 Å². The maximum atomic E-state index is 14.2. The highest BCUT2D eigenvalue weighted by atomic mass is 19.4. The van der Waals surface area contributed by atoms with Crippen LogP contribution >= 0.6 is 0 Å². The Morgan fingerprint density at radius 3 is 2.35 bits per heavy atom. The Bertz CT molecular complexity index is 1240. The number of nitrogens with zero attached hydrogens (tertiary/aromatic N) is 2. The van der Waals surface area contributed by atoms with Crippen LogP contribution in [0.4, 0.5) is 18.0 Å². The SMILES string of the molecule is CCC(=O)O[C@H](CC)[C@@]1(C)OC(=O)N[C@@H]1[C@@H](C)N(C[C@H](C)CC1(C)OCCCC(=O)[C@H](C)[C@H]1O[C@@H]1OC(C)CC(N(C)C)C1O)C(=O)C(F)(F)F. The van der Waals surface area contributed by atoms with E-state index in [1.165, 1.54) is 13.8 Å². The van der Waals surface area contributed by atoms with Crippen LogP contribution in [0.2, 0.25) is 0 Å². The van der Waals surface area contributed by atoms with E-state index in [4.69, 9.17) is 23.7 Å². The molecule has 0 aromatic carbocycles. The number of carbonyl (C=O) groups is 4. The van der Waals surface area contributed by atoms with Gasteiger partial charge in [0.1, 0.15) is 18.0 Å². The van der Waals surface area contributed by atoms with Crippen LogP contribution in [0.3, 0.4) is 0 Å². The molecule has 0 saturated carbocycles. The number of alkyl halides is 3. The Morgan fingerprint density at radius 1 is 1.14 bits per heavy atom. The molecule has 0 radical (unpaired) electrons. The summed E-state index contributed by atoms with van der Waals surface area (Å²) in [5.74, 6) is -4.18. The summed E-state index contributed by atoms with van der Waals surface area (Å²) >= 11 is 0. The molecule has 4 unspecified atom stereocenters. The van der Waals surface area contributed by atoms with Crippen molar-refractivity contribution in [3.8, 4) is 0 Å². The average molecular weight is 738 g/mol. The molecule has 2 N–H and O–H groups in total. The zero-order valence-corrected chi connectivity index (χ0v) is 31.6. The lowest BCUT2D eigenvalue weighted by molar-refractivity contribution is -0.298. The van der Waals surface area contributed by atoms with Gasteiger partial charge >= 0.3 is 24.1 Å². The van der Waals surface area contributed by atoms with Crippen LogP contribution in [-0.2, 0) is 38.1 Å². The van der Waals surface area contributed by atoms with Gasteiger partial charge in [-0.1, -0.05) is 27.7 Å². The van der Waals surface area contributed by atoms with Crippen molar-refractivity contribution in [3.05, 3.63) is 0 Å². The molecule has 0 bridgehead atoms. The lowest BCUT2D eigenvalue weighted by Gasteiger charge is -2.48. The summed E-state index contributed by atoms with van der Waals surface area (Å²) < 4.78 is 72.6. The lowest BCUT2D eigenvalue weighted by atomic mass is 9.78. The minimum Gasteiger partial charge on any atom is -0.458 e. The van der Waals surface area contributed by atoms with Crippen molar-refractivity contribution in [2.24, 2.45) is 11.8 Å². The smallest absolute Gasteiger partial charge is 0.458 e. The standard InChI is InChI=1S/C35H58F3N3O10/c1-11-25(49-26(43)12-2)34(8)28(39-32(46)51-34)22(6)41(31(45)35(36,37)38)18-19(3)17-33(7)29(21(5)24(42)14-13-15-47-33)50-30-27(44)23(40(9)10)16-20(4)48-30/h19-23,25,27-30,44H,11-18H2,1-10H3,(H,39,46)/t19-,20?,21+,22-,23?,25-,27?,28-,29-,30+,33?,34-/m1/s1. The number of hydrogen-bond donors (Lipinski definition) is 2. The van der Waals surface area contributed by atoms with E-state index in [1.54, 1.807) is 34.6 Å². The van der Waals surface area contributed by atoms with Gasteiger partial charge in [0, 0.05) is 38.0 Å². The van der Waals surface area contributed by atoms with Gasteiger partial charge in [-0.15, -0.1) is 0 Å². The molecule has 16 heteroatoms. The second kappa shape index (κ2) is 17.1. The van der Waals surface area contributed by atoms with Crippen LogP contribution in [0.1, 0.15) is 93.9 Å². The molecule has 3 fully saturated rings. The highest BCUT2D eigenvalue weighted by Gasteiger charge is 2.57. The first-order chi connectivity index (χ1) is 23.6. The molecule has 3 aliphatic rings. The number of Topliss-reactive ketones (excluding diaryl/α,β-unsaturated/α-hetero) is 1. The van der Waals surface area contributed by atoms with Gasteiger partial charge in [-0.3, -0.25) is 14.4 Å². The number of aliphatic hydroxyl groups is 1. The number of nitrogens with one attached hydrogen (secondary N) is 1. The number of alkyl carbamates (subject to hydrolysis) is 1. The molecule has 0 aromatic heterocycles. The highest BCUT2D eigenvalue weighted by Crippen LogP contribution is 2.39. The molecule has 51 heavy (non-hydrogen) atoms. The molecule has 12 atom stereocenters. The average Bonchev–Trinajstić information content (AvgIpc) is 3.36. The fourth-order valence-corrected chi connectivity index (χ4v) is 7.94. The largest absolute Gasteiger partial charge is 0.471 e. The Hall–Kier alpha value is -2.53. The summed E-state index contributed by atoms with van der Waals surface area (Å²) in [5.41, 5.74) is -2.86. The topological polar surface area (TPSA) is 153 Å². The molecular weight excluding hydrogens is 679 g/mol. The van der Waals surface area contributed by atoms with Gasteiger partial charge in [0.15, 0.2) is 11.9 Å². The maximum Gasteiger partial charge on any atom is 0.471 e. The number of amides is 2. The molecular formula is C35H58F3N3O10. The fourth-order valence-electron chi connectivity index (χ4n) is 7.94. The quantitative estimate of drug-likeness (QED) is 0.264. The summed E-state index contributed by atoms with van der Waals surface area (Å²) in [4.78, 5) is 53.8. The van der Waals surface area contributed by atoms with Gasteiger partial charge in [-0.25, -0.2) is 4.79 Å². The Kier molecular flexibility index (Phi) is 14.4. The normalized spacial score (nSPS) is 35.2. The monoisotopic (exact) mass is 737 g/mol. The fraction of sp³-hybridized carbons (Fsp3) is 0.886. The van der Waals surface area contributed by atoms with E-state index in [2.05, 4.69) is 5.32 Å². The summed E-state index contributed by atoms with van der Waals surface area (Å²) in [5, 5.41) is 13.8. The number of ether oxygens (including phenoxy) is 5. The van der Waals surface area contributed by atoms with E-state index < -0.39 is 90.4 Å². The van der Waals surface area contributed by atoms with Crippen LogP contribution in [0.25, 0.3) is 0 Å². The van der Waals surface area contributed by atoms with Gasteiger partial charge in [0.05, 0.1) is 29.9 Å². The van der Waals surface area contributed by atoms with E-state index in [9.17, 15) is 37.5 Å². The molecule has 0 spiro atoms. The van der Waals surface area contributed by atoms with Crippen LogP contribution in [0, 0.1) is 11.8 Å². The lowest BCUT2D eigenvalue weighted by Crippen LogP contribution is -2.63. The van der Waals surface area contributed by atoms with Crippen LogP contribution < -0.4 is 5.32 Å². The first-order valence-corrected chi connectivity index (χ1v) is 18.0. The van der Waals surface area contributed by atoms with E-state index in [-0.39, 0.29) is 50.2 Å². The predicted molar refractivity (Wildman–Crippen MR) is 178 cm³/mol. The molecule has 13 nitrogen and oxygen atoms in total. The summed E-state index contributed by atoms with van der Waals surface area (Å²) in [7, 11) is 3.67.